The third-order valence-electron chi connectivity index (χ3n) is 9.37. The monoisotopic (exact) mass is 436 g/mol. The van der Waals surface area contributed by atoms with Crippen LogP contribution in [0.2, 0.25) is 0 Å². The summed E-state index contributed by atoms with van der Waals surface area (Å²) in [5.74, 6) is 0.728. The van der Waals surface area contributed by atoms with Gasteiger partial charge in [-0.3, -0.25) is 0 Å². The van der Waals surface area contributed by atoms with Gasteiger partial charge in [0.15, 0.2) is 6.20 Å². The van der Waals surface area contributed by atoms with Gasteiger partial charge in [0.05, 0.1) is 5.56 Å². The fourth-order valence-electron chi connectivity index (χ4n) is 7.51. The molecule has 1 heterocycles. The molecule has 0 aliphatic heterocycles. The molecule has 3 aliphatic rings. The molecule has 1 nitrogen and oxygen atoms in total. The minimum Gasteiger partial charge on any atom is -0.201 e. The highest BCUT2D eigenvalue weighted by Crippen LogP contribution is 2.51. The lowest BCUT2D eigenvalue weighted by molar-refractivity contribution is -0.660. The quantitative estimate of drug-likeness (QED) is 0.280. The van der Waals surface area contributed by atoms with Crippen molar-refractivity contribution in [3.63, 3.8) is 0 Å². The van der Waals surface area contributed by atoms with Gasteiger partial charge in [-0.25, -0.2) is 4.57 Å². The predicted octanol–water partition coefficient (Wildman–Crippen LogP) is 7.97. The molecule has 0 bridgehead atoms. The molecule has 1 spiro atoms. The Balaban J connectivity index is 1.38. The number of aryl methyl sites for hydroxylation is 3. The molecule has 0 N–H and O–H groups in total. The van der Waals surface area contributed by atoms with Crippen LogP contribution in [0.5, 0.6) is 0 Å². The minimum absolute atomic E-state index is 0.688. The van der Waals surface area contributed by atoms with Crippen LogP contribution in [0.3, 0.4) is 0 Å². The summed E-state index contributed by atoms with van der Waals surface area (Å²) in [4.78, 5) is 0. The molecule has 0 amide bonds. The van der Waals surface area contributed by atoms with Crippen LogP contribution in [0.4, 0.5) is 0 Å². The summed E-state index contributed by atoms with van der Waals surface area (Å²) in [6.07, 6.45) is 16.5. The fourth-order valence-corrected chi connectivity index (χ4v) is 7.51. The number of benzene rings is 2. The molecule has 2 fully saturated rings. The second kappa shape index (κ2) is 8.12. The van der Waals surface area contributed by atoms with Crippen LogP contribution in [0, 0.1) is 19.3 Å². The van der Waals surface area contributed by atoms with Gasteiger partial charge in [0.2, 0.25) is 5.69 Å². The third-order valence-corrected chi connectivity index (χ3v) is 9.37. The number of rotatable bonds is 2. The van der Waals surface area contributed by atoms with Crippen molar-refractivity contribution in [1.29, 1.82) is 0 Å². The highest BCUT2D eigenvalue weighted by Gasteiger charge is 2.37. The average molecular weight is 437 g/mol. The highest BCUT2D eigenvalue weighted by molar-refractivity contribution is 5.85. The molecule has 1 heteroatoms. The summed E-state index contributed by atoms with van der Waals surface area (Å²) in [5.41, 5.74) is 13.9. The van der Waals surface area contributed by atoms with Crippen molar-refractivity contribution in [2.24, 2.45) is 12.5 Å². The maximum Gasteiger partial charge on any atom is 0.213 e. The molecular formula is C32H38N+. The Bertz CT molecular complexity index is 1200. The number of aromatic nitrogens is 1. The Morgan fingerprint density at radius 3 is 2.36 bits per heavy atom. The summed E-state index contributed by atoms with van der Waals surface area (Å²) in [6, 6.07) is 16.2. The van der Waals surface area contributed by atoms with Crippen LogP contribution in [0.1, 0.15) is 91.5 Å². The molecule has 2 saturated carbocycles. The van der Waals surface area contributed by atoms with E-state index in [0.29, 0.717) is 5.41 Å². The van der Waals surface area contributed by atoms with Crippen LogP contribution < -0.4 is 4.57 Å². The van der Waals surface area contributed by atoms with Gasteiger partial charge in [0.1, 0.15) is 7.05 Å². The number of fused-ring (bicyclic) bond motifs is 3. The summed E-state index contributed by atoms with van der Waals surface area (Å²) < 4.78 is 2.38. The Labute approximate surface area is 199 Å². The maximum absolute atomic E-state index is 2.57. The zero-order valence-corrected chi connectivity index (χ0v) is 20.7. The number of hydrogen-bond donors (Lipinski definition) is 0. The van der Waals surface area contributed by atoms with E-state index in [1.165, 1.54) is 102 Å². The van der Waals surface area contributed by atoms with Crippen LogP contribution in [-0.2, 0) is 13.5 Å². The SMILES string of the molecule is Cc1c[n+](C)c(-c2c(C)ccc3c2Cc2ccccc2-3)cc1C1CCC2(CCCCC2)CC1. The van der Waals surface area contributed by atoms with E-state index >= 15 is 0 Å². The molecular weight excluding hydrogens is 398 g/mol. The molecule has 0 saturated heterocycles. The summed E-state index contributed by atoms with van der Waals surface area (Å²) in [5, 5.41) is 0. The summed E-state index contributed by atoms with van der Waals surface area (Å²) in [6.45, 7) is 4.63. The standard InChI is InChI=1S/C32H38N/c1-22-11-12-27-26-10-6-5-9-25(26)19-29(27)31(22)30-20-28(23(2)21-33(30)3)24-13-17-32(18-14-24)15-7-4-8-16-32/h5-6,9-12,20-21,24H,4,7-8,13-19H2,1-3H3/q+1. The van der Waals surface area contributed by atoms with Crippen molar-refractivity contribution in [1.82, 2.24) is 0 Å². The van der Waals surface area contributed by atoms with E-state index < -0.39 is 0 Å². The van der Waals surface area contributed by atoms with Crippen LogP contribution in [0.15, 0.2) is 48.7 Å². The molecule has 3 aliphatic carbocycles. The predicted molar refractivity (Wildman–Crippen MR) is 137 cm³/mol. The van der Waals surface area contributed by atoms with E-state index in [9.17, 15) is 0 Å². The lowest BCUT2D eigenvalue weighted by Crippen LogP contribution is -2.33. The van der Waals surface area contributed by atoms with E-state index in [0.717, 1.165) is 12.3 Å². The van der Waals surface area contributed by atoms with E-state index in [4.69, 9.17) is 0 Å². The largest absolute Gasteiger partial charge is 0.213 e. The smallest absolute Gasteiger partial charge is 0.201 e. The van der Waals surface area contributed by atoms with E-state index in [1.807, 2.05) is 0 Å². The Morgan fingerprint density at radius 2 is 1.58 bits per heavy atom. The van der Waals surface area contributed by atoms with Gasteiger partial charge in [-0.1, -0.05) is 55.7 Å². The van der Waals surface area contributed by atoms with E-state index in [2.05, 4.69) is 74.1 Å². The van der Waals surface area contributed by atoms with Crippen LogP contribution in [-0.4, -0.2) is 0 Å². The molecule has 2 aromatic carbocycles. The third kappa shape index (κ3) is 3.56. The van der Waals surface area contributed by atoms with Crippen molar-refractivity contribution in [2.75, 3.05) is 0 Å². The first kappa shape index (κ1) is 21.1. The molecule has 0 radical (unpaired) electrons. The minimum atomic E-state index is 0.688. The normalized spacial score (nSPS) is 19.5. The first-order valence-corrected chi connectivity index (χ1v) is 13.3. The molecule has 0 unspecified atom stereocenters. The van der Waals surface area contributed by atoms with Crippen molar-refractivity contribution in [3.05, 3.63) is 76.5 Å². The van der Waals surface area contributed by atoms with E-state index in [-0.39, 0.29) is 0 Å². The Kier molecular flexibility index (Phi) is 5.20. The van der Waals surface area contributed by atoms with Gasteiger partial charge in [-0.05, 0) is 104 Å². The molecule has 1 aromatic heterocycles. The summed E-state index contributed by atoms with van der Waals surface area (Å²) in [7, 11) is 2.24. The molecule has 3 aromatic rings. The first-order valence-electron chi connectivity index (χ1n) is 13.3. The second-order valence-corrected chi connectivity index (χ2v) is 11.4. The average Bonchev–Trinajstić information content (AvgIpc) is 3.20. The first-order chi connectivity index (χ1) is 16.0. The topological polar surface area (TPSA) is 3.88 Å². The van der Waals surface area contributed by atoms with Crippen molar-refractivity contribution < 1.29 is 4.57 Å². The van der Waals surface area contributed by atoms with Gasteiger partial charge in [-0.15, -0.1) is 0 Å². The van der Waals surface area contributed by atoms with Crippen molar-refractivity contribution in [3.8, 4) is 22.4 Å². The zero-order chi connectivity index (χ0) is 22.6. The lowest BCUT2D eigenvalue weighted by atomic mass is 9.62. The van der Waals surface area contributed by atoms with Gasteiger partial charge < -0.3 is 0 Å². The molecule has 0 atom stereocenters. The second-order valence-electron chi connectivity index (χ2n) is 11.4. The number of nitrogens with zero attached hydrogens (tertiary/aromatic N) is 1. The lowest BCUT2D eigenvalue weighted by Gasteiger charge is -2.43. The van der Waals surface area contributed by atoms with Gasteiger partial charge >= 0.3 is 0 Å². The molecule has 6 rings (SSSR count). The van der Waals surface area contributed by atoms with Crippen molar-refractivity contribution in [2.45, 2.75) is 84.0 Å². The number of pyridine rings is 1. The van der Waals surface area contributed by atoms with E-state index in [1.54, 1.807) is 5.56 Å². The van der Waals surface area contributed by atoms with Gasteiger partial charge in [-0.2, -0.15) is 0 Å². The fraction of sp³-hybridized carbons (Fsp3) is 0.469. The Morgan fingerprint density at radius 1 is 0.818 bits per heavy atom. The van der Waals surface area contributed by atoms with Crippen LogP contribution in [0.25, 0.3) is 22.4 Å². The summed E-state index contributed by atoms with van der Waals surface area (Å²) >= 11 is 0. The van der Waals surface area contributed by atoms with Gasteiger partial charge in [0.25, 0.3) is 0 Å². The molecule has 33 heavy (non-hydrogen) atoms. The van der Waals surface area contributed by atoms with Crippen LogP contribution >= 0.6 is 0 Å². The highest BCUT2D eigenvalue weighted by atomic mass is 14.9. The van der Waals surface area contributed by atoms with Crippen molar-refractivity contribution >= 4 is 0 Å². The molecule has 170 valence electrons. The zero-order valence-electron chi connectivity index (χ0n) is 20.7. The Hall–Kier alpha value is -2.41. The maximum atomic E-state index is 2.57. The number of hydrogen-bond acceptors (Lipinski definition) is 0. The van der Waals surface area contributed by atoms with Gasteiger partial charge in [0, 0.05) is 11.6 Å².